The Hall–Kier alpha value is -2.96. The standard InChI is InChI=1S/C17H19N5O2/c1-3-24-16-8-15(18-11-19-16)21-12(2)10-22-17(23)14-7-5-4-6-13(14)9-20-22/h4-9,11-12H,3,10H2,1-2H3,(H,18,19,21)/t12-/m0/s1. The summed E-state index contributed by atoms with van der Waals surface area (Å²) in [5.41, 5.74) is -0.0977. The van der Waals surface area contributed by atoms with E-state index < -0.39 is 0 Å². The molecule has 7 heteroatoms. The molecule has 24 heavy (non-hydrogen) atoms. The first-order chi connectivity index (χ1) is 11.7. The molecule has 2 aromatic heterocycles. The number of benzene rings is 1. The molecule has 0 aliphatic rings. The highest BCUT2D eigenvalue weighted by atomic mass is 16.5. The third-order valence-corrected chi connectivity index (χ3v) is 3.54. The van der Waals surface area contributed by atoms with E-state index in [2.05, 4.69) is 20.4 Å². The molecule has 0 fully saturated rings. The van der Waals surface area contributed by atoms with Crippen LogP contribution in [0.15, 0.2) is 47.7 Å². The number of nitrogens with one attached hydrogen (secondary N) is 1. The Morgan fingerprint density at radius 3 is 2.96 bits per heavy atom. The summed E-state index contributed by atoms with van der Waals surface area (Å²) >= 11 is 0. The minimum absolute atomic E-state index is 0.0410. The number of anilines is 1. The second-order valence-electron chi connectivity index (χ2n) is 5.44. The van der Waals surface area contributed by atoms with Crippen molar-refractivity contribution in [3.05, 3.63) is 53.2 Å². The van der Waals surface area contributed by atoms with Gasteiger partial charge in [0.1, 0.15) is 12.1 Å². The Kier molecular flexibility index (Phi) is 4.69. The molecule has 1 atom stereocenters. The van der Waals surface area contributed by atoms with E-state index in [9.17, 15) is 4.79 Å². The van der Waals surface area contributed by atoms with Crippen LogP contribution in [-0.4, -0.2) is 32.4 Å². The minimum atomic E-state index is -0.0977. The van der Waals surface area contributed by atoms with Gasteiger partial charge in [-0.25, -0.2) is 14.6 Å². The van der Waals surface area contributed by atoms with Crippen molar-refractivity contribution in [3.63, 3.8) is 0 Å². The number of hydrogen-bond donors (Lipinski definition) is 1. The van der Waals surface area contributed by atoms with Crippen LogP contribution in [0.4, 0.5) is 5.82 Å². The van der Waals surface area contributed by atoms with Gasteiger partial charge in [0.05, 0.1) is 24.7 Å². The lowest BCUT2D eigenvalue weighted by atomic mass is 10.2. The average molecular weight is 325 g/mol. The zero-order valence-corrected chi connectivity index (χ0v) is 13.6. The van der Waals surface area contributed by atoms with Crippen molar-refractivity contribution < 1.29 is 4.74 Å². The molecule has 0 spiro atoms. The third kappa shape index (κ3) is 3.51. The smallest absolute Gasteiger partial charge is 0.274 e. The summed E-state index contributed by atoms with van der Waals surface area (Å²) in [6.45, 7) is 4.83. The molecule has 0 unspecified atom stereocenters. The Morgan fingerprint density at radius 2 is 2.12 bits per heavy atom. The molecule has 1 aromatic carbocycles. The number of hydrogen-bond acceptors (Lipinski definition) is 6. The number of aromatic nitrogens is 4. The largest absolute Gasteiger partial charge is 0.478 e. The zero-order chi connectivity index (χ0) is 16.9. The predicted molar refractivity (Wildman–Crippen MR) is 92.3 cm³/mol. The summed E-state index contributed by atoms with van der Waals surface area (Å²) in [4.78, 5) is 20.7. The van der Waals surface area contributed by atoms with Crippen LogP contribution in [0.3, 0.4) is 0 Å². The molecule has 0 aliphatic heterocycles. The topological polar surface area (TPSA) is 81.9 Å². The average Bonchev–Trinajstić information content (AvgIpc) is 2.58. The van der Waals surface area contributed by atoms with Crippen LogP contribution in [0.25, 0.3) is 10.8 Å². The van der Waals surface area contributed by atoms with Crippen molar-refractivity contribution in [2.75, 3.05) is 11.9 Å². The van der Waals surface area contributed by atoms with Gasteiger partial charge in [0, 0.05) is 17.5 Å². The molecule has 1 N–H and O–H groups in total. The van der Waals surface area contributed by atoms with Crippen molar-refractivity contribution in [3.8, 4) is 5.88 Å². The van der Waals surface area contributed by atoms with Crippen molar-refractivity contribution in [1.29, 1.82) is 0 Å². The first kappa shape index (κ1) is 15.9. The van der Waals surface area contributed by atoms with Crippen molar-refractivity contribution in [1.82, 2.24) is 19.7 Å². The molecule has 124 valence electrons. The summed E-state index contributed by atoms with van der Waals surface area (Å²) in [6, 6.07) is 9.13. The van der Waals surface area contributed by atoms with E-state index in [-0.39, 0.29) is 11.6 Å². The van der Waals surface area contributed by atoms with Gasteiger partial charge in [0.2, 0.25) is 5.88 Å². The molecular formula is C17H19N5O2. The second-order valence-corrected chi connectivity index (χ2v) is 5.44. The van der Waals surface area contributed by atoms with Gasteiger partial charge in [0.15, 0.2) is 0 Å². The fourth-order valence-corrected chi connectivity index (χ4v) is 2.46. The maximum absolute atomic E-state index is 12.5. The maximum Gasteiger partial charge on any atom is 0.274 e. The van der Waals surface area contributed by atoms with Crippen LogP contribution in [-0.2, 0) is 6.54 Å². The molecule has 0 bridgehead atoms. The highest BCUT2D eigenvalue weighted by Gasteiger charge is 2.09. The van der Waals surface area contributed by atoms with E-state index in [0.29, 0.717) is 30.2 Å². The van der Waals surface area contributed by atoms with E-state index in [1.54, 1.807) is 12.3 Å². The third-order valence-electron chi connectivity index (χ3n) is 3.54. The number of fused-ring (bicyclic) bond motifs is 1. The lowest BCUT2D eigenvalue weighted by Crippen LogP contribution is -2.31. The molecule has 3 aromatic rings. The van der Waals surface area contributed by atoms with Gasteiger partial charge in [-0.15, -0.1) is 0 Å². The summed E-state index contributed by atoms with van der Waals surface area (Å²) in [7, 11) is 0. The normalized spacial score (nSPS) is 12.1. The summed E-state index contributed by atoms with van der Waals surface area (Å²) < 4.78 is 6.82. The Labute approximate surface area is 139 Å². The number of ether oxygens (including phenoxy) is 1. The zero-order valence-electron chi connectivity index (χ0n) is 13.6. The SMILES string of the molecule is CCOc1cc(N[C@@H](C)Cn2ncc3ccccc3c2=O)ncn1. The summed E-state index contributed by atoms with van der Waals surface area (Å²) in [5, 5.41) is 8.99. The second kappa shape index (κ2) is 7.08. The van der Waals surface area contributed by atoms with E-state index >= 15 is 0 Å². The van der Waals surface area contributed by atoms with Crippen LogP contribution < -0.4 is 15.6 Å². The van der Waals surface area contributed by atoms with Crippen LogP contribution in [0, 0.1) is 0 Å². The van der Waals surface area contributed by atoms with Gasteiger partial charge in [-0.2, -0.15) is 5.10 Å². The molecule has 0 saturated heterocycles. The molecule has 2 heterocycles. The van der Waals surface area contributed by atoms with Crippen LogP contribution in [0.2, 0.25) is 0 Å². The van der Waals surface area contributed by atoms with Gasteiger partial charge < -0.3 is 10.1 Å². The fourth-order valence-electron chi connectivity index (χ4n) is 2.46. The molecule has 0 saturated carbocycles. The highest BCUT2D eigenvalue weighted by Crippen LogP contribution is 2.12. The monoisotopic (exact) mass is 325 g/mol. The van der Waals surface area contributed by atoms with Gasteiger partial charge in [0.25, 0.3) is 5.56 Å². The molecule has 7 nitrogen and oxygen atoms in total. The van der Waals surface area contributed by atoms with Crippen LogP contribution >= 0.6 is 0 Å². The molecule has 0 aliphatic carbocycles. The molecule has 0 amide bonds. The lowest BCUT2D eigenvalue weighted by molar-refractivity contribution is 0.326. The van der Waals surface area contributed by atoms with Gasteiger partial charge >= 0.3 is 0 Å². The van der Waals surface area contributed by atoms with E-state index in [0.717, 1.165) is 5.39 Å². The predicted octanol–water partition coefficient (Wildman–Crippen LogP) is 2.09. The van der Waals surface area contributed by atoms with Crippen LogP contribution in [0.1, 0.15) is 13.8 Å². The van der Waals surface area contributed by atoms with E-state index in [1.807, 2.05) is 38.1 Å². The van der Waals surface area contributed by atoms with E-state index in [4.69, 9.17) is 4.74 Å². The van der Waals surface area contributed by atoms with Crippen molar-refractivity contribution >= 4 is 16.6 Å². The van der Waals surface area contributed by atoms with Gasteiger partial charge in [-0.3, -0.25) is 4.79 Å². The van der Waals surface area contributed by atoms with Crippen molar-refractivity contribution in [2.45, 2.75) is 26.4 Å². The Balaban J connectivity index is 1.75. The summed E-state index contributed by atoms with van der Waals surface area (Å²) in [5.74, 6) is 1.16. The van der Waals surface area contributed by atoms with Gasteiger partial charge in [-0.05, 0) is 19.9 Å². The van der Waals surface area contributed by atoms with Gasteiger partial charge in [-0.1, -0.05) is 18.2 Å². The molecule has 0 radical (unpaired) electrons. The maximum atomic E-state index is 12.5. The Bertz CT molecular complexity index is 893. The first-order valence-electron chi connectivity index (χ1n) is 7.83. The number of rotatable bonds is 6. The Morgan fingerprint density at radius 1 is 1.29 bits per heavy atom. The van der Waals surface area contributed by atoms with Crippen molar-refractivity contribution in [2.24, 2.45) is 0 Å². The highest BCUT2D eigenvalue weighted by molar-refractivity contribution is 5.80. The lowest BCUT2D eigenvalue weighted by Gasteiger charge is -2.15. The van der Waals surface area contributed by atoms with E-state index in [1.165, 1.54) is 11.0 Å². The minimum Gasteiger partial charge on any atom is -0.478 e. The summed E-state index contributed by atoms with van der Waals surface area (Å²) in [6.07, 6.45) is 3.15. The quantitative estimate of drug-likeness (QED) is 0.747. The first-order valence-corrected chi connectivity index (χ1v) is 7.83. The van der Waals surface area contributed by atoms with Crippen LogP contribution in [0.5, 0.6) is 5.88 Å². The number of nitrogens with zero attached hydrogens (tertiary/aromatic N) is 4. The fraction of sp³-hybridized carbons (Fsp3) is 0.294. The molecular weight excluding hydrogens is 306 g/mol. The molecule has 3 rings (SSSR count).